The van der Waals surface area contributed by atoms with Crippen molar-refractivity contribution in [3.05, 3.63) is 0 Å². The molecule has 2 bridgehead atoms. The van der Waals surface area contributed by atoms with E-state index in [2.05, 4.69) is 0 Å². The maximum absolute atomic E-state index is 12.6. The molecule has 0 radical (unpaired) electrons. The van der Waals surface area contributed by atoms with Gasteiger partial charge < -0.3 is 15.4 Å². The van der Waals surface area contributed by atoms with Crippen LogP contribution in [0.4, 0.5) is 4.79 Å². The minimum absolute atomic E-state index is 0.139. The molecular weight excluding hydrogens is 418 g/mol. The summed E-state index contributed by atoms with van der Waals surface area (Å²) in [6, 6.07) is -2.09. The molecule has 11 nitrogen and oxygen atoms in total. The van der Waals surface area contributed by atoms with E-state index >= 15 is 0 Å². The molecule has 2 heterocycles. The quantitative estimate of drug-likeness (QED) is 0.436. The summed E-state index contributed by atoms with van der Waals surface area (Å²) < 4.78 is 40.1. The molecule has 2 rings (SSSR count). The number of fused-ring (bicyclic) bond motifs is 2. The normalized spacial score (nSPS) is 21.8. The smallest absolute Gasteiger partial charge is 0.421 e. The van der Waals surface area contributed by atoms with Crippen molar-refractivity contribution < 1.29 is 36.0 Å². The first kappa shape index (κ1) is 24.4. The number of amides is 3. The van der Waals surface area contributed by atoms with Gasteiger partial charge >= 0.3 is 22.4 Å². The van der Waals surface area contributed by atoms with E-state index in [1.54, 1.807) is 6.92 Å². The molecule has 2 atom stereocenters. The van der Waals surface area contributed by atoms with Crippen molar-refractivity contribution >= 4 is 28.3 Å². The number of esters is 1. The zero-order valence-electron chi connectivity index (χ0n) is 17.7. The second-order valence-electron chi connectivity index (χ2n) is 7.66. The fourth-order valence-electron chi connectivity index (χ4n) is 4.10. The Bertz CT molecular complexity index is 751. The van der Waals surface area contributed by atoms with Crippen molar-refractivity contribution in [2.45, 2.75) is 71.4 Å². The molecule has 2 N–H and O–H groups in total. The van der Waals surface area contributed by atoms with Crippen LogP contribution in [0.2, 0.25) is 0 Å². The SMILES string of the molecule is CCCC(CCC)(COS(=O)(=O)ON1C(=O)N2C[C@H]1CC[C@H]2C(N)=O)C(=O)OCC. The van der Waals surface area contributed by atoms with E-state index in [9.17, 15) is 22.8 Å². The zero-order valence-corrected chi connectivity index (χ0v) is 18.5. The molecule has 172 valence electrons. The average Bonchev–Trinajstić information content (AvgIpc) is 2.91. The van der Waals surface area contributed by atoms with Crippen LogP contribution in [-0.2, 0) is 33.2 Å². The Morgan fingerprint density at radius 3 is 2.33 bits per heavy atom. The molecule has 2 fully saturated rings. The molecule has 0 aliphatic carbocycles. The van der Waals surface area contributed by atoms with E-state index in [1.807, 2.05) is 13.8 Å². The Labute approximate surface area is 177 Å². The lowest BCUT2D eigenvalue weighted by molar-refractivity contribution is -0.159. The van der Waals surface area contributed by atoms with Crippen molar-refractivity contribution in [2.24, 2.45) is 11.1 Å². The zero-order chi connectivity index (χ0) is 22.5. The Morgan fingerprint density at radius 1 is 1.17 bits per heavy atom. The first-order valence-electron chi connectivity index (χ1n) is 10.3. The number of hydroxylamine groups is 2. The van der Waals surface area contributed by atoms with Crippen molar-refractivity contribution in [3.8, 4) is 0 Å². The summed E-state index contributed by atoms with van der Waals surface area (Å²) in [4.78, 5) is 37.8. The topological polar surface area (TPSA) is 146 Å². The van der Waals surface area contributed by atoms with Gasteiger partial charge in [0.05, 0.1) is 24.7 Å². The highest BCUT2D eigenvalue weighted by Gasteiger charge is 2.49. The predicted octanol–water partition coefficient (Wildman–Crippen LogP) is 1.08. The first-order valence-corrected chi connectivity index (χ1v) is 11.6. The summed E-state index contributed by atoms with van der Waals surface area (Å²) in [7, 11) is -4.64. The van der Waals surface area contributed by atoms with Crippen molar-refractivity contribution in [1.29, 1.82) is 0 Å². The predicted molar refractivity (Wildman–Crippen MR) is 105 cm³/mol. The molecule has 3 amide bonds. The van der Waals surface area contributed by atoms with Crippen LogP contribution in [0.15, 0.2) is 0 Å². The fraction of sp³-hybridized carbons (Fsp3) is 0.833. The maximum Gasteiger partial charge on any atom is 0.421 e. The molecule has 12 heteroatoms. The van der Waals surface area contributed by atoms with E-state index in [1.165, 1.54) is 4.90 Å². The van der Waals surface area contributed by atoms with Crippen LogP contribution >= 0.6 is 0 Å². The lowest BCUT2D eigenvalue weighted by atomic mass is 9.80. The summed E-state index contributed by atoms with van der Waals surface area (Å²) in [5.41, 5.74) is 4.19. The summed E-state index contributed by atoms with van der Waals surface area (Å²) in [6.45, 7) is 5.28. The van der Waals surface area contributed by atoms with Gasteiger partial charge in [-0.25, -0.2) is 8.98 Å². The molecule has 0 unspecified atom stereocenters. The number of nitrogens with two attached hydrogens (primary N) is 1. The van der Waals surface area contributed by atoms with Gasteiger partial charge in [0.15, 0.2) is 0 Å². The Kier molecular flexibility index (Phi) is 8.06. The van der Waals surface area contributed by atoms with E-state index in [-0.39, 0.29) is 13.2 Å². The number of piperidine rings is 1. The maximum atomic E-state index is 12.6. The van der Waals surface area contributed by atoms with Crippen LogP contribution in [0, 0.1) is 5.41 Å². The number of hydrogen-bond donors (Lipinski definition) is 1. The van der Waals surface area contributed by atoms with Gasteiger partial charge in [0.25, 0.3) is 0 Å². The highest BCUT2D eigenvalue weighted by atomic mass is 32.3. The van der Waals surface area contributed by atoms with Crippen LogP contribution in [0.5, 0.6) is 0 Å². The van der Waals surface area contributed by atoms with Crippen LogP contribution in [-0.4, -0.2) is 68.1 Å². The molecule has 30 heavy (non-hydrogen) atoms. The Hall–Kier alpha value is -1.92. The molecular formula is C18H31N3O8S. The molecule has 0 spiro atoms. The van der Waals surface area contributed by atoms with Crippen LogP contribution in [0.3, 0.4) is 0 Å². The summed E-state index contributed by atoms with van der Waals surface area (Å²) >= 11 is 0. The molecule has 2 saturated heterocycles. The summed E-state index contributed by atoms with van der Waals surface area (Å²) in [5.74, 6) is -1.17. The third-order valence-corrected chi connectivity index (χ3v) is 6.22. The van der Waals surface area contributed by atoms with E-state index in [0.717, 1.165) is 0 Å². The number of rotatable bonds is 12. The average molecular weight is 450 g/mol. The third-order valence-electron chi connectivity index (χ3n) is 5.47. The standard InChI is InChI=1S/C18H31N3O8S/c1-4-9-18(10-5-2,16(23)27-6-3)12-28-30(25,26)29-21-13-7-8-14(15(19)22)20(11-13)17(21)24/h13-14H,4-12H2,1-3H3,(H2,19,22)/t13-,14+/m1/s1. The Balaban J connectivity index is 2.11. The van der Waals surface area contributed by atoms with Crippen LogP contribution in [0.25, 0.3) is 0 Å². The van der Waals surface area contributed by atoms with Gasteiger partial charge in [0.2, 0.25) is 5.91 Å². The number of primary amides is 1. The number of ether oxygens (including phenoxy) is 1. The molecule has 2 aliphatic rings. The summed E-state index contributed by atoms with van der Waals surface area (Å²) in [5, 5.41) is 0.712. The lowest BCUT2D eigenvalue weighted by Gasteiger charge is -2.30. The number of carbonyl (C=O) groups is 3. The number of hydrogen-bond acceptors (Lipinski definition) is 8. The molecule has 2 aliphatic heterocycles. The molecule has 0 aromatic carbocycles. The van der Waals surface area contributed by atoms with Gasteiger partial charge in [0, 0.05) is 6.54 Å². The minimum atomic E-state index is -4.64. The lowest BCUT2D eigenvalue weighted by Crippen LogP contribution is -2.47. The molecule has 0 aromatic rings. The van der Waals surface area contributed by atoms with Crippen LogP contribution in [0.1, 0.15) is 59.3 Å². The molecule has 0 aromatic heterocycles. The molecule has 0 saturated carbocycles. The number of urea groups is 1. The highest BCUT2D eigenvalue weighted by Crippen LogP contribution is 2.34. The van der Waals surface area contributed by atoms with Crippen molar-refractivity contribution in [2.75, 3.05) is 19.8 Å². The number of nitrogens with zero attached hydrogens (tertiary/aromatic N) is 2. The minimum Gasteiger partial charge on any atom is -0.465 e. The third kappa shape index (κ3) is 5.22. The van der Waals surface area contributed by atoms with Gasteiger partial charge in [-0.05, 0) is 32.6 Å². The van der Waals surface area contributed by atoms with E-state index in [4.69, 9.17) is 18.9 Å². The van der Waals surface area contributed by atoms with Crippen molar-refractivity contribution in [3.63, 3.8) is 0 Å². The van der Waals surface area contributed by atoms with E-state index < -0.39 is 52.4 Å². The van der Waals surface area contributed by atoms with Gasteiger partial charge in [0.1, 0.15) is 6.04 Å². The van der Waals surface area contributed by atoms with Gasteiger partial charge in [-0.2, -0.15) is 13.5 Å². The largest absolute Gasteiger partial charge is 0.465 e. The van der Waals surface area contributed by atoms with Gasteiger partial charge in [-0.3, -0.25) is 9.59 Å². The second-order valence-corrected chi connectivity index (χ2v) is 8.86. The first-order chi connectivity index (χ1) is 14.1. The van der Waals surface area contributed by atoms with Crippen LogP contribution < -0.4 is 5.73 Å². The van der Waals surface area contributed by atoms with E-state index in [0.29, 0.717) is 43.6 Å². The highest BCUT2D eigenvalue weighted by molar-refractivity contribution is 7.81. The second kappa shape index (κ2) is 9.92. The summed E-state index contributed by atoms with van der Waals surface area (Å²) in [6.07, 6.45) is 2.71. The number of carbonyl (C=O) groups excluding carboxylic acids is 3. The fourth-order valence-corrected chi connectivity index (χ4v) is 4.90. The Morgan fingerprint density at radius 2 is 1.80 bits per heavy atom. The van der Waals surface area contributed by atoms with Gasteiger partial charge in [-0.15, -0.1) is 4.28 Å². The monoisotopic (exact) mass is 449 g/mol. The van der Waals surface area contributed by atoms with Crippen molar-refractivity contribution in [1.82, 2.24) is 9.96 Å². The van der Waals surface area contributed by atoms with Gasteiger partial charge in [-0.1, -0.05) is 26.7 Å².